The summed E-state index contributed by atoms with van der Waals surface area (Å²) in [7, 11) is 3.48. The molecule has 0 spiro atoms. The number of nitrogens with zero attached hydrogens (tertiary/aromatic N) is 1. The summed E-state index contributed by atoms with van der Waals surface area (Å²) in [5, 5.41) is 7.04. The lowest BCUT2D eigenvalue weighted by Gasteiger charge is -2.20. The van der Waals surface area contributed by atoms with Crippen LogP contribution in [0.25, 0.3) is 0 Å². The summed E-state index contributed by atoms with van der Waals surface area (Å²) in [4.78, 5) is 13.5. The van der Waals surface area contributed by atoms with E-state index in [4.69, 9.17) is 12.2 Å². The van der Waals surface area contributed by atoms with Gasteiger partial charge in [0.05, 0.1) is 6.04 Å². The quantitative estimate of drug-likeness (QED) is 0.812. The van der Waals surface area contributed by atoms with E-state index in [9.17, 15) is 4.79 Å². The van der Waals surface area contributed by atoms with Gasteiger partial charge < -0.3 is 15.5 Å². The molecule has 0 saturated heterocycles. The lowest BCUT2D eigenvalue weighted by molar-refractivity contribution is 0.0827. The number of hydrogen-bond acceptors (Lipinski definition) is 2. The van der Waals surface area contributed by atoms with Crippen molar-refractivity contribution >= 4 is 28.9 Å². The van der Waals surface area contributed by atoms with E-state index >= 15 is 0 Å². The highest BCUT2D eigenvalue weighted by atomic mass is 32.1. The number of aryl methyl sites for hydroxylation is 2. The summed E-state index contributed by atoms with van der Waals surface area (Å²) in [6.45, 7) is 6.28. The molecule has 132 valence electrons. The van der Waals surface area contributed by atoms with E-state index in [-0.39, 0.29) is 11.9 Å². The average Bonchev–Trinajstić information content (AvgIpc) is 2.56. The van der Waals surface area contributed by atoms with Crippen molar-refractivity contribution in [3.05, 3.63) is 64.7 Å². The molecule has 0 heterocycles. The van der Waals surface area contributed by atoms with E-state index in [1.54, 1.807) is 31.1 Å². The van der Waals surface area contributed by atoms with E-state index in [1.807, 2.05) is 12.1 Å². The van der Waals surface area contributed by atoms with Gasteiger partial charge in [0.1, 0.15) is 0 Å². The lowest BCUT2D eigenvalue weighted by atomic mass is 10.0. The van der Waals surface area contributed by atoms with Gasteiger partial charge in [0.25, 0.3) is 5.91 Å². The molecule has 4 nitrogen and oxygen atoms in total. The van der Waals surface area contributed by atoms with Crippen molar-refractivity contribution in [1.82, 2.24) is 10.2 Å². The number of hydrogen-bond donors (Lipinski definition) is 2. The van der Waals surface area contributed by atoms with E-state index in [2.05, 4.69) is 49.6 Å². The summed E-state index contributed by atoms with van der Waals surface area (Å²) >= 11 is 5.42. The van der Waals surface area contributed by atoms with Gasteiger partial charge in [-0.15, -0.1) is 0 Å². The zero-order chi connectivity index (χ0) is 18.6. The Morgan fingerprint density at radius 1 is 1.08 bits per heavy atom. The Hall–Kier alpha value is -2.40. The van der Waals surface area contributed by atoms with Gasteiger partial charge in [-0.2, -0.15) is 0 Å². The predicted molar refractivity (Wildman–Crippen MR) is 108 cm³/mol. The third-order valence-electron chi connectivity index (χ3n) is 4.04. The zero-order valence-corrected chi connectivity index (χ0v) is 16.2. The van der Waals surface area contributed by atoms with Crippen LogP contribution in [0, 0.1) is 13.8 Å². The maximum atomic E-state index is 11.9. The van der Waals surface area contributed by atoms with E-state index in [0.717, 1.165) is 5.69 Å². The molecule has 1 unspecified atom stereocenters. The summed E-state index contributed by atoms with van der Waals surface area (Å²) < 4.78 is 0. The Bertz CT molecular complexity index is 769. The lowest BCUT2D eigenvalue weighted by Crippen LogP contribution is -2.31. The molecule has 0 aliphatic heterocycles. The number of benzene rings is 2. The monoisotopic (exact) mass is 355 g/mol. The molecule has 0 aromatic heterocycles. The number of rotatable bonds is 4. The largest absolute Gasteiger partial charge is 0.356 e. The molecule has 2 rings (SSSR count). The second-order valence-corrected chi connectivity index (χ2v) is 6.87. The first kappa shape index (κ1) is 18.9. The van der Waals surface area contributed by atoms with Gasteiger partial charge >= 0.3 is 0 Å². The van der Waals surface area contributed by atoms with E-state index < -0.39 is 0 Å². The minimum Gasteiger partial charge on any atom is -0.356 e. The third kappa shape index (κ3) is 5.03. The first-order valence-electron chi connectivity index (χ1n) is 8.24. The first-order valence-corrected chi connectivity index (χ1v) is 8.65. The fraction of sp³-hybridized carbons (Fsp3) is 0.300. The van der Waals surface area contributed by atoms with E-state index in [0.29, 0.717) is 10.7 Å². The molecule has 0 bridgehead atoms. The number of nitrogens with one attached hydrogen (secondary N) is 2. The summed E-state index contributed by atoms with van der Waals surface area (Å²) in [5.41, 5.74) is 5.20. The fourth-order valence-corrected chi connectivity index (χ4v) is 2.92. The van der Waals surface area contributed by atoms with Crippen molar-refractivity contribution in [3.63, 3.8) is 0 Å². The van der Waals surface area contributed by atoms with Crippen LogP contribution in [0.2, 0.25) is 0 Å². The van der Waals surface area contributed by atoms with Crippen LogP contribution in [-0.4, -0.2) is 30.0 Å². The minimum absolute atomic E-state index is 0.0178. The van der Waals surface area contributed by atoms with Crippen LogP contribution in [0.5, 0.6) is 0 Å². The molecule has 2 N–H and O–H groups in total. The van der Waals surface area contributed by atoms with Crippen molar-refractivity contribution in [1.29, 1.82) is 0 Å². The molecule has 0 fully saturated rings. The van der Waals surface area contributed by atoms with Crippen molar-refractivity contribution in [2.45, 2.75) is 26.8 Å². The van der Waals surface area contributed by atoms with Gasteiger partial charge in [0.2, 0.25) is 0 Å². The fourth-order valence-electron chi connectivity index (χ4n) is 2.62. The van der Waals surface area contributed by atoms with Gasteiger partial charge in [-0.3, -0.25) is 4.79 Å². The molecular formula is C20H25N3OS. The van der Waals surface area contributed by atoms with Crippen LogP contribution in [0.4, 0.5) is 5.69 Å². The van der Waals surface area contributed by atoms with Crippen LogP contribution in [0.1, 0.15) is 40.0 Å². The normalized spacial score (nSPS) is 11.6. The number of thiocarbonyl (C=S) groups is 1. The van der Waals surface area contributed by atoms with Crippen molar-refractivity contribution in [3.8, 4) is 0 Å². The molecule has 2 aromatic carbocycles. The Balaban J connectivity index is 2.00. The molecule has 0 aliphatic rings. The zero-order valence-electron chi connectivity index (χ0n) is 15.4. The first-order chi connectivity index (χ1) is 11.8. The molecule has 25 heavy (non-hydrogen) atoms. The van der Waals surface area contributed by atoms with Crippen LogP contribution >= 0.6 is 12.2 Å². The number of carbonyl (C=O) groups is 1. The van der Waals surface area contributed by atoms with Gasteiger partial charge in [-0.05, 0) is 68.4 Å². The van der Waals surface area contributed by atoms with E-state index in [1.165, 1.54) is 16.7 Å². The summed E-state index contributed by atoms with van der Waals surface area (Å²) in [6.07, 6.45) is 0. The smallest absolute Gasteiger partial charge is 0.253 e. The Kier molecular flexibility index (Phi) is 6.15. The second kappa shape index (κ2) is 8.12. The summed E-state index contributed by atoms with van der Waals surface area (Å²) in [6, 6.07) is 13.8. The molecule has 0 saturated carbocycles. The summed E-state index contributed by atoms with van der Waals surface area (Å²) in [5.74, 6) is -0.0178. The van der Waals surface area contributed by atoms with Crippen molar-refractivity contribution in [2.24, 2.45) is 0 Å². The molecule has 0 aliphatic carbocycles. The molecule has 5 heteroatoms. The van der Waals surface area contributed by atoms with Crippen LogP contribution in [0.15, 0.2) is 42.5 Å². The predicted octanol–water partition coefficient (Wildman–Crippen LogP) is 4.05. The molecule has 0 radical (unpaired) electrons. The standard InChI is InChI=1S/C20H25N3OS/c1-13-6-7-14(2)18(12-13)15(3)21-20(25)22-17-10-8-16(9-11-17)19(24)23(4)5/h6-12,15H,1-5H3,(H2,21,22,25). The number of anilines is 1. The number of amides is 1. The van der Waals surface area contributed by atoms with Gasteiger partial charge in [-0.25, -0.2) is 0 Å². The molecular weight excluding hydrogens is 330 g/mol. The highest BCUT2D eigenvalue weighted by molar-refractivity contribution is 7.80. The third-order valence-corrected chi connectivity index (χ3v) is 4.26. The molecule has 1 atom stereocenters. The number of carbonyl (C=O) groups excluding carboxylic acids is 1. The minimum atomic E-state index is -0.0178. The maximum absolute atomic E-state index is 11.9. The Morgan fingerprint density at radius 2 is 1.72 bits per heavy atom. The van der Waals surface area contributed by atoms with Crippen LogP contribution in [0.3, 0.4) is 0 Å². The van der Waals surface area contributed by atoms with Gasteiger partial charge in [-0.1, -0.05) is 23.8 Å². The van der Waals surface area contributed by atoms with Crippen LogP contribution < -0.4 is 10.6 Å². The van der Waals surface area contributed by atoms with Gasteiger partial charge in [0.15, 0.2) is 5.11 Å². The average molecular weight is 356 g/mol. The maximum Gasteiger partial charge on any atom is 0.253 e. The highest BCUT2D eigenvalue weighted by Crippen LogP contribution is 2.19. The Labute approximate surface area is 155 Å². The van der Waals surface area contributed by atoms with Gasteiger partial charge in [0, 0.05) is 25.3 Å². The molecule has 1 amide bonds. The SMILES string of the molecule is Cc1ccc(C)c(C(C)NC(=S)Nc2ccc(C(=O)N(C)C)cc2)c1. The van der Waals surface area contributed by atoms with Crippen LogP contribution in [-0.2, 0) is 0 Å². The Morgan fingerprint density at radius 3 is 2.32 bits per heavy atom. The second-order valence-electron chi connectivity index (χ2n) is 6.46. The van der Waals surface area contributed by atoms with Crippen molar-refractivity contribution < 1.29 is 4.79 Å². The van der Waals surface area contributed by atoms with Crippen molar-refractivity contribution in [2.75, 3.05) is 19.4 Å². The topological polar surface area (TPSA) is 44.4 Å². The molecule has 2 aromatic rings. The highest BCUT2D eigenvalue weighted by Gasteiger charge is 2.11.